The average molecular weight is 154 g/mol. The quantitative estimate of drug-likeness (QED) is 0.609. The minimum atomic E-state index is -0.630. The highest BCUT2D eigenvalue weighted by Gasteiger charge is 2.36. The first-order chi connectivity index (χ1) is 5.19. The van der Waals surface area contributed by atoms with Gasteiger partial charge in [-0.1, -0.05) is 12.8 Å². The molecular weight excluding hydrogens is 140 g/mol. The lowest BCUT2D eigenvalue weighted by Gasteiger charge is -2.27. The molecule has 3 heteroatoms. The van der Waals surface area contributed by atoms with Crippen molar-refractivity contribution in [1.82, 2.24) is 0 Å². The Kier molecular flexibility index (Phi) is 2.48. The van der Waals surface area contributed by atoms with Crippen LogP contribution in [0.1, 0.15) is 32.1 Å². The Morgan fingerprint density at radius 2 is 2.09 bits per heavy atom. The van der Waals surface area contributed by atoms with Gasteiger partial charge in [-0.25, -0.2) is 0 Å². The molecule has 1 rings (SSSR count). The fourth-order valence-electron chi connectivity index (χ4n) is 1.66. The Hall–Kier alpha value is -0.590. The molecule has 1 aliphatic rings. The van der Waals surface area contributed by atoms with Gasteiger partial charge in [0.25, 0.3) is 0 Å². The highest BCUT2D eigenvalue weighted by Crippen LogP contribution is 2.31. The second-order valence-electron chi connectivity index (χ2n) is 3.32. The first-order valence-corrected chi connectivity index (χ1v) is 4.03. The number of aliphatic hydroxyl groups excluding tert-OH is 1. The molecule has 1 saturated carbocycles. The number of hydrogen-bond donors (Lipinski definition) is 2. The molecule has 1 fully saturated rings. The van der Waals surface area contributed by atoms with Crippen LogP contribution in [0.3, 0.4) is 0 Å². The van der Waals surface area contributed by atoms with Crippen LogP contribution in [0.25, 0.3) is 0 Å². The molecule has 1 atom stereocenters. The maximum Gasteiger partial charge on any atom is 0.0849 e. The summed E-state index contributed by atoms with van der Waals surface area (Å²) in [6, 6.07) is 1.94. The van der Waals surface area contributed by atoms with Gasteiger partial charge in [0.1, 0.15) is 0 Å². The van der Waals surface area contributed by atoms with E-state index in [2.05, 4.69) is 0 Å². The van der Waals surface area contributed by atoms with Gasteiger partial charge in [0.05, 0.1) is 18.6 Å². The van der Waals surface area contributed by atoms with Gasteiger partial charge in [0.2, 0.25) is 0 Å². The number of rotatable bonds is 2. The van der Waals surface area contributed by atoms with Crippen LogP contribution in [0.15, 0.2) is 0 Å². The summed E-state index contributed by atoms with van der Waals surface area (Å²) in [6.45, 7) is 0. The third-order valence-corrected chi connectivity index (χ3v) is 2.48. The molecular formula is C8H14N2O. The van der Waals surface area contributed by atoms with Crippen molar-refractivity contribution in [3.05, 3.63) is 0 Å². The molecule has 1 unspecified atom stereocenters. The first kappa shape index (κ1) is 8.51. The van der Waals surface area contributed by atoms with Crippen molar-refractivity contribution in [3.63, 3.8) is 0 Å². The van der Waals surface area contributed by atoms with Crippen LogP contribution >= 0.6 is 0 Å². The molecule has 0 radical (unpaired) electrons. The summed E-state index contributed by atoms with van der Waals surface area (Å²) >= 11 is 0. The van der Waals surface area contributed by atoms with Crippen LogP contribution in [0.4, 0.5) is 0 Å². The van der Waals surface area contributed by atoms with Crippen molar-refractivity contribution in [2.24, 2.45) is 5.73 Å². The van der Waals surface area contributed by atoms with Crippen LogP contribution < -0.4 is 5.73 Å². The SMILES string of the molecule is N#CCC(O)C1(N)CCCC1. The third-order valence-electron chi connectivity index (χ3n) is 2.48. The van der Waals surface area contributed by atoms with E-state index in [4.69, 9.17) is 11.0 Å². The molecule has 0 aliphatic heterocycles. The molecule has 3 N–H and O–H groups in total. The Morgan fingerprint density at radius 1 is 1.55 bits per heavy atom. The minimum absolute atomic E-state index is 0.163. The van der Waals surface area contributed by atoms with Crippen molar-refractivity contribution in [2.45, 2.75) is 43.7 Å². The molecule has 0 bridgehead atoms. The van der Waals surface area contributed by atoms with E-state index in [9.17, 15) is 5.11 Å². The van der Waals surface area contributed by atoms with Crippen LogP contribution in [-0.2, 0) is 0 Å². The zero-order chi connectivity index (χ0) is 8.32. The Balaban J connectivity index is 2.50. The van der Waals surface area contributed by atoms with E-state index < -0.39 is 11.6 Å². The van der Waals surface area contributed by atoms with Crippen molar-refractivity contribution < 1.29 is 5.11 Å². The summed E-state index contributed by atoms with van der Waals surface area (Å²) in [7, 11) is 0. The lowest BCUT2D eigenvalue weighted by molar-refractivity contribution is 0.0912. The Labute approximate surface area is 66.8 Å². The normalized spacial score (nSPS) is 24.5. The van der Waals surface area contributed by atoms with Gasteiger partial charge in [0.15, 0.2) is 0 Å². The van der Waals surface area contributed by atoms with Gasteiger partial charge in [-0.15, -0.1) is 0 Å². The molecule has 0 amide bonds. The molecule has 3 nitrogen and oxygen atoms in total. The molecule has 0 heterocycles. The minimum Gasteiger partial charge on any atom is -0.390 e. The summed E-state index contributed by atoms with van der Waals surface area (Å²) in [5.41, 5.74) is 5.42. The third kappa shape index (κ3) is 1.70. The molecule has 0 spiro atoms. The van der Waals surface area contributed by atoms with Crippen molar-refractivity contribution >= 4 is 0 Å². The number of nitrogens with zero attached hydrogens (tertiary/aromatic N) is 1. The van der Waals surface area contributed by atoms with E-state index in [1.54, 1.807) is 0 Å². The van der Waals surface area contributed by atoms with Gasteiger partial charge in [-0.2, -0.15) is 5.26 Å². The van der Waals surface area contributed by atoms with Crippen LogP contribution in [0.2, 0.25) is 0 Å². The Bertz CT molecular complexity index is 167. The molecule has 0 saturated heterocycles. The van der Waals surface area contributed by atoms with Crippen LogP contribution in [0, 0.1) is 11.3 Å². The fourth-order valence-corrected chi connectivity index (χ4v) is 1.66. The lowest BCUT2D eigenvalue weighted by Crippen LogP contribution is -2.48. The van der Waals surface area contributed by atoms with Crippen molar-refractivity contribution in [2.75, 3.05) is 0 Å². The summed E-state index contributed by atoms with van der Waals surface area (Å²) < 4.78 is 0. The standard InChI is InChI=1S/C8H14N2O/c9-6-3-7(11)8(10)4-1-2-5-8/h7,11H,1-5,10H2. The summed E-state index contributed by atoms with van der Waals surface area (Å²) in [4.78, 5) is 0. The summed E-state index contributed by atoms with van der Waals surface area (Å²) in [6.07, 6.45) is 3.41. The van der Waals surface area contributed by atoms with E-state index in [0.717, 1.165) is 25.7 Å². The lowest BCUT2D eigenvalue weighted by atomic mass is 9.90. The first-order valence-electron chi connectivity index (χ1n) is 4.03. The van der Waals surface area contributed by atoms with Crippen molar-refractivity contribution in [3.8, 4) is 6.07 Å². The highest BCUT2D eigenvalue weighted by molar-refractivity contribution is 4.98. The van der Waals surface area contributed by atoms with Gasteiger partial charge < -0.3 is 10.8 Å². The van der Waals surface area contributed by atoms with Gasteiger partial charge in [-0.3, -0.25) is 0 Å². The monoisotopic (exact) mass is 154 g/mol. The maximum absolute atomic E-state index is 9.46. The topological polar surface area (TPSA) is 70.0 Å². The largest absolute Gasteiger partial charge is 0.390 e. The van der Waals surface area contributed by atoms with Crippen LogP contribution in [-0.4, -0.2) is 16.7 Å². The summed E-state index contributed by atoms with van der Waals surface area (Å²) in [5.74, 6) is 0. The predicted molar refractivity (Wildman–Crippen MR) is 41.6 cm³/mol. The van der Waals surface area contributed by atoms with E-state index >= 15 is 0 Å². The van der Waals surface area contributed by atoms with E-state index in [-0.39, 0.29) is 6.42 Å². The van der Waals surface area contributed by atoms with E-state index in [0.29, 0.717) is 0 Å². The maximum atomic E-state index is 9.46. The molecule has 0 aromatic carbocycles. The summed E-state index contributed by atoms with van der Waals surface area (Å²) in [5, 5.41) is 17.8. The molecule has 11 heavy (non-hydrogen) atoms. The van der Waals surface area contributed by atoms with Crippen molar-refractivity contribution in [1.29, 1.82) is 5.26 Å². The number of aliphatic hydroxyl groups is 1. The predicted octanol–water partition coefficient (Wildman–Crippen LogP) is 0.532. The average Bonchev–Trinajstić information content (AvgIpc) is 2.38. The van der Waals surface area contributed by atoms with Gasteiger partial charge in [0, 0.05) is 5.54 Å². The molecule has 1 aliphatic carbocycles. The van der Waals surface area contributed by atoms with E-state index in [1.165, 1.54) is 0 Å². The Morgan fingerprint density at radius 3 is 2.55 bits per heavy atom. The number of nitriles is 1. The second kappa shape index (κ2) is 3.21. The highest BCUT2D eigenvalue weighted by atomic mass is 16.3. The van der Waals surface area contributed by atoms with E-state index in [1.807, 2.05) is 6.07 Å². The fraction of sp³-hybridized carbons (Fsp3) is 0.875. The molecule has 0 aromatic heterocycles. The molecule has 0 aromatic rings. The van der Waals surface area contributed by atoms with Gasteiger partial charge in [-0.05, 0) is 12.8 Å². The zero-order valence-corrected chi connectivity index (χ0v) is 6.58. The number of hydrogen-bond acceptors (Lipinski definition) is 3. The zero-order valence-electron chi connectivity index (χ0n) is 6.58. The van der Waals surface area contributed by atoms with Crippen LogP contribution in [0.5, 0.6) is 0 Å². The molecule has 62 valence electrons. The number of nitrogens with two attached hydrogens (primary N) is 1. The second-order valence-corrected chi connectivity index (χ2v) is 3.32. The smallest absolute Gasteiger partial charge is 0.0849 e. The van der Waals surface area contributed by atoms with Gasteiger partial charge >= 0.3 is 0 Å².